The van der Waals surface area contributed by atoms with Gasteiger partial charge in [0, 0.05) is 18.8 Å². The average molecular weight is 397 g/mol. The molecule has 0 saturated carbocycles. The summed E-state index contributed by atoms with van der Waals surface area (Å²) < 4.78 is 14.2. The summed E-state index contributed by atoms with van der Waals surface area (Å²) in [7, 11) is 0. The monoisotopic (exact) mass is 396 g/mol. The summed E-state index contributed by atoms with van der Waals surface area (Å²) in [6, 6.07) is 1.84. The molecule has 0 N–H and O–H groups in total. The van der Waals surface area contributed by atoms with Gasteiger partial charge in [-0.3, -0.25) is 4.40 Å². The van der Waals surface area contributed by atoms with Crippen LogP contribution in [0, 0.1) is 0 Å². The van der Waals surface area contributed by atoms with Crippen LogP contribution in [0.5, 0.6) is 5.75 Å². The topological polar surface area (TPSA) is 69.0 Å². The van der Waals surface area contributed by atoms with Crippen LogP contribution in [0.15, 0.2) is 23.1 Å². The van der Waals surface area contributed by atoms with Crippen molar-refractivity contribution in [3.63, 3.8) is 0 Å². The molecule has 0 radical (unpaired) electrons. The molecule has 1 fully saturated rings. The number of hydrogen-bond acceptors (Lipinski definition) is 5. The van der Waals surface area contributed by atoms with E-state index in [1.54, 1.807) is 11.2 Å². The zero-order chi connectivity index (χ0) is 17.3. The Hall–Kier alpha value is -1.83. The average Bonchev–Trinajstić information content (AvgIpc) is 2.93. The fourth-order valence-corrected chi connectivity index (χ4v) is 3.05. The molecule has 3 rings (SSSR count). The number of pyridine rings is 1. The molecular weight excluding hydrogens is 376 g/mol. The van der Waals surface area contributed by atoms with Crippen molar-refractivity contribution in [3.8, 4) is 5.75 Å². The number of carbonyl (C=O) groups is 1. The molecule has 1 saturated heterocycles. The van der Waals surface area contributed by atoms with Crippen LogP contribution in [-0.4, -0.2) is 50.4 Å². The highest BCUT2D eigenvalue weighted by Crippen LogP contribution is 2.28. The lowest BCUT2D eigenvalue weighted by molar-refractivity contribution is 0.00767. The summed E-state index contributed by atoms with van der Waals surface area (Å²) in [5.74, 6) is 0.700. The Morgan fingerprint density at radius 3 is 2.96 bits per heavy atom. The van der Waals surface area contributed by atoms with Gasteiger partial charge in [0.2, 0.25) is 0 Å². The summed E-state index contributed by atoms with van der Waals surface area (Å²) in [5, 5.41) is 7.89. The Balaban J connectivity index is 1.68. The second-order valence-electron chi connectivity index (χ2n) is 6.89. The number of rotatable bonds is 2. The van der Waals surface area contributed by atoms with Gasteiger partial charge in [0.05, 0.1) is 11.0 Å². The SMILES string of the molecule is CC(C)(C)OC(=O)N1CCC[C@@H](Oc2cc3nncn3cc2Br)C1. The van der Waals surface area contributed by atoms with Crippen molar-refractivity contribution < 1.29 is 14.3 Å². The quantitative estimate of drug-likeness (QED) is 0.778. The number of aromatic nitrogens is 3. The van der Waals surface area contributed by atoms with Crippen LogP contribution >= 0.6 is 15.9 Å². The van der Waals surface area contributed by atoms with Crippen molar-refractivity contribution in [2.75, 3.05) is 13.1 Å². The number of piperidine rings is 1. The van der Waals surface area contributed by atoms with Gasteiger partial charge in [0.1, 0.15) is 23.8 Å². The van der Waals surface area contributed by atoms with Gasteiger partial charge in [0.25, 0.3) is 0 Å². The fourth-order valence-electron chi connectivity index (χ4n) is 2.62. The molecule has 1 amide bonds. The first-order chi connectivity index (χ1) is 11.3. The number of likely N-dealkylation sites (tertiary alicyclic amines) is 1. The number of nitrogens with zero attached hydrogens (tertiary/aromatic N) is 4. The molecule has 0 bridgehead atoms. The van der Waals surface area contributed by atoms with Gasteiger partial charge in [-0.2, -0.15) is 0 Å². The maximum Gasteiger partial charge on any atom is 0.410 e. The molecule has 0 unspecified atom stereocenters. The zero-order valence-electron chi connectivity index (χ0n) is 14.0. The molecule has 7 nitrogen and oxygen atoms in total. The summed E-state index contributed by atoms with van der Waals surface area (Å²) in [4.78, 5) is 13.9. The predicted molar refractivity (Wildman–Crippen MR) is 92.1 cm³/mol. The van der Waals surface area contributed by atoms with Crippen LogP contribution in [0.2, 0.25) is 0 Å². The van der Waals surface area contributed by atoms with E-state index in [0.717, 1.165) is 17.3 Å². The number of ether oxygens (including phenoxy) is 2. The molecular formula is C16H21BrN4O3. The van der Waals surface area contributed by atoms with Crippen molar-refractivity contribution in [2.24, 2.45) is 0 Å². The molecule has 24 heavy (non-hydrogen) atoms. The highest BCUT2D eigenvalue weighted by Gasteiger charge is 2.29. The zero-order valence-corrected chi connectivity index (χ0v) is 15.6. The van der Waals surface area contributed by atoms with Gasteiger partial charge >= 0.3 is 6.09 Å². The second kappa shape index (κ2) is 6.58. The highest BCUT2D eigenvalue weighted by atomic mass is 79.9. The van der Waals surface area contributed by atoms with E-state index in [1.807, 2.05) is 37.4 Å². The van der Waals surface area contributed by atoms with Crippen molar-refractivity contribution in [2.45, 2.75) is 45.3 Å². The summed E-state index contributed by atoms with van der Waals surface area (Å²) in [5.41, 5.74) is 0.222. The minimum atomic E-state index is -0.493. The Bertz CT molecular complexity index is 740. The van der Waals surface area contributed by atoms with Crippen LogP contribution in [-0.2, 0) is 4.74 Å². The molecule has 0 aliphatic carbocycles. The number of hydrogen-bond donors (Lipinski definition) is 0. The van der Waals surface area contributed by atoms with Gasteiger partial charge in [0.15, 0.2) is 5.65 Å². The molecule has 8 heteroatoms. The number of fused-ring (bicyclic) bond motifs is 1. The van der Waals surface area contributed by atoms with E-state index in [0.29, 0.717) is 24.5 Å². The third-order valence-electron chi connectivity index (χ3n) is 3.67. The summed E-state index contributed by atoms with van der Waals surface area (Å²) >= 11 is 3.51. The first-order valence-corrected chi connectivity index (χ1v) is 8.74. The minimum absolute atomic E-state index is 0.0760. The first kappa shape index (κ1) is 17.0. The molecule has 0 aromatic carbocycles. The molecule has 1 atom stereocenters. The van der Waals surface area contributed by atoms with Gasteiger partial charge in [-0.05, 0) is 49.5 Å². The smallest absolute Gasteiger partial charge is 0.410 e. The number of amides is 1. The fraction of sp³-hybridized carbons (Fsp3) is 0.562. The van der Waals surface area contributed by atoms with E-state index in [1.165, 1.54) is 0 Å². The molecule has 3 heterocycles. The van der Waals surface area contributed by atoms with Crippen LogP contribution < -0.4 is 4.74 Å². The lowest BCUT2D eigenvalue weighted by atomic mass is 10.1. The van der Waals surface area contributed by atoms with E-state index in [2.05, 4.69) is 26.1 Å². The normalized spacial score (nSPS) is 18.7. The largest absolute Gasteiger partial charge is 0.487 e. The summed E-state index contributed by atoms with van der Waals surface area (Å²) in [6.45, 7) is 6.81. The van der Waals surface area contributed by atoms with Crippen molar-refractivity contribution in [1.29, 1.82) is 0 Å². The first-order valence-electron chi connectivity index (χ1n) is 7.95. The van der Waals surface area contributed by atoms with Crippen LogP contribution in [0.3, 0.4) is 0 Å². The predicted octanol–water partition coefficient (Wildman–Crippen LogP) is 3.27. The molecule has 1 aliphatic heterocycles. The van der Waals surface area contributed by atoms with E-state index in [-0.39, 0.29) is 12.2 Å². The maximum atomic E-state index is 12.2. The molecule has 130 valence electrons. The summed E-state index contributed by atoms with van der Waals surface area (Å²) in [6.07, 6.45) is 4.90. The van der Waals surface area contributed by atoms with Crippen molar-refractivity contribution in [3.05, 3.63) is 23.1 Å². The Morgan fingerprint density at radius 1 is 1.42 bits per heavy atom. The maximum absolute atomic E-state index is 12.2. The van der Waals surface area contributed by atoms with E-state index >= 15 is 0 Å². The minimum Gasteiger partial charge on any atom is -0.487 e. The third-order valence-corrected chi connectivity index (χ3v) is 4.27. The third kappa shape index (κ3) is 3.98. The van der Waals surface area contributed by atoms with E-state index in [9.17, 15) is 4.79 Å². The van der Waals surface area contributed by atoms with Gasteiger partial charge in [-0.1, -0.05) is 0 Å². The molecule has 2 aromatic heterocycles. The number of carbonyl (C=O) groups excluding carboxylic acids is 1. The molecule has 1 aliphatic rings. The Morgan fingerprint density at radius 2 is 2.21 bits per heavy atom. The van der Waals surface area contributed by atoms with Gasteiger partial charge in [-0.25, -0.2) is 4.79 Å². The van der Waals surface area contributed by atoms with Crippen LogP contribution in [0.4, 0.5) is 4.79 Å². The van der Waals surface area contributed by atoms with Crippen LogP contribution in [0.25, 0.3) is 5.65 Å². The number of halogens is 1. The standard InChI is InChI=1S/C16H21BrN4O3/c1-16(2,3)24-15(22)20-6-4-5-11(8-20)23-13-7-14-19-18-10-21(14)9-12(13)17/h7,9-11H,4-6,8H2,1-3H3/t11-/m1/s1. The van der Waals surface area contributed by atoms with Crippen LogP contribution in [0.1, 0.15) is 33.6 Å². The lowest BCUT2D eigenvalue weighted by Crippen LogP contribution is -2.46. The molecule has 0 spiro atoms. The van der Waals surface area contributed by atoms with Crippen molar-refractivity contribution >= 4 is 27.7 Å². The van der Waals surface area contributed by atoms with E-state index < -0.39 is 5.60 Å². The van der Waals surface area contributed by atoms with E-state index in [4.69, 9.17) is 9.47 Å². The second-order valence-corrected chi connectivity index (χ2v) is 7.74. The Kier molecular flexibility index (Phi) is 4.67. The molecule has 2 aromatic rings. The lowest BCUT2D eigenvalue weighted by Gasteiger charge is -2.34. The highest BCUT2D eigenvalue weighted by molar-refractivity contribution is 9.10. The van der Waals surface area contributed by atoms with Gasteiger partial charge in [-0.15, -0.1) is 10.2 Å². The Labute approximate surface area is 149 Å². The van der Waals surface area contributed by atoms with Gasteiger partial charge < -0.3 is 14.4 Å². The van der Waals surface area contributed by atoms with Crippen molar-refractivity contribution in [1.82, 2.24) is 19.5 Å².